The number of aliphatic hydroxyl groups excluding tert-OH is 1. The molecule has 1 saturated carbocycles. The molecular weight excluding hydrogens is 586 g/mol. The standard InChI is InChI=1S/C31H35F4N3O6/c32-22-12-19(31(43)44)13-23(33)21(22)10-11-36-28(40)24(15-26(34)35)37-29(41)25-14-20(17-6-2-1-3-7-17)16-38(25)30(42)27(39)18-8-4-5-9-18/h1-3,6-7,12-13,18,20,24-27,39H,4-5,8-11,14-16H2,(H,36,40)(H,37,41)(H,43,44)/t20-,24+,25?,27-/m1/s1. The summed E-state index contributed by atoms with van der Waals surface area (Å²) in [6, 6.07) is 7.52. The number of hydrogen-bond acceptors (Lipinski definition) is 5. The predicted octanol–water partition coefficient (Wildman–Crippen LogP) is 3.40. The molecule has 0 radical (unpaired) electrons. The van der Waals surface area contributed by atoms with Gasteiger partial charge in [0.1, 0.15) is 29.8 Å². The summed E-state index contributed by atoms with van der Waals surface area (Å²) in [6.45, 7) is -0.277. The summed E-state index contributed by atoms with van der Waals surface area (Å²) in [5.41, 5.74) is -0.247. The first-order valence-corrected chi connectivity index (χ1v) is 14.6. The number of nitrogens with zero attached hydrogens (tertiary/aromatic N) is 1. The number of benzene rings is 2. The summed E-state index contributed by atoms with van der Waals surface area (Å²) < 4.78 is 55.4. The molecule has 1 aliphatic carbocycles. The zero-order valence-electron chi connectivity index (χ0n) is 23.9. The van der Waals surface area contributed by atoms with Crippen LogP contribution in [-0.4, -0.2) is 76.5 Å². The fourth-order valence-corrected chi connectivity index (χ4v) is 6.02. The summed E-state index contributed by atoms with van der Waals surface area (Å²) in [6.07, 6.45) is -2.53. The fourth-order valence-electron chi connectivity index (χ4n) is 6.02. The van der Waals surface area contributed by atoms with Crippen molar-refractivity contribution in [1.82, 2.24) is 15.5 Å². The van der Waals surface area contributed by atoms with Crippen molar-refractivity contribution >= 4 is 23.7 Å². The molecular formula is C31H35F4N3O6. The van der Waals surface area contributed by atoms with E-state index in [1.165, 1.54) is 4.90 Å². The van der Waals surface area contributed by atoms with Crippen LogP contribution in [0.4, 0.5) is 17.6 Å². The second-order valence-electron chi connectivity index (χ2n) is 11.3. The molecule has 2 aromatic carbocycles. The Bertz CT molecular complexity index is 1330. The van der Waals surface area contributed by atoms with Crippen LogP contribution in [0.25, 0.3) is 0 Å². The molecule has 238 valence electrons. The minimum absolute atomic E-state index is 0.119. The highest BCUT2D eigenvalue weighted by Crippen LogP contribution is 2.35. The lowest BCUT2D eigenvalue weighted by atomic mass is 9.96. The molecule has 4 atom stereocenters. The van der Waals surface area contributed by atoms with Gasteiger partial charge in [0.15, 0.2) is 0 Å². The average Bonchev–Trinajstić information content (AvgIpc) is 3.68. The number of carbonyl (C=O) groups excluding carboxylic acids is 3. The Kier molecular flexibility index (Phi) is 11.0. The van der Waals surface area contributed by atoms with Crippen LogP contribution in [0, 0.1) is 17.6 Å². The summed E-state index contributed by atoms with van der Waals surface area (Å²) in [4.78, 5) is 52.0. The first kappa shape index (κ1) is 32.9. The van der Waals surface area contributed by atoms with Crippen LogP contribution in [0.15, 0.2) is 42.5 Å². The number of aliphatic hydroxyl groups is 1. The minimum atomic E-state index is -2.99. The van der Waals surface area contributed by atoms with Gasteiger partial charge in [-0.2, -0.15) is 0 Å². The van der Waals surface area contributed by atoms with Crippen molar-refractivity contribution in [3.63, 3.8) is 0 Å². The molecule has 1 saturated heterocycles. The van der Waals surface area contributed by atoms with Crippen LogP contribution in [0.1, 0.15) is 65.9 Å². The van der Waals surface area contributed by atoms with E-state index in [1.54, 1.807) is 0 Å². The summed E-state index contributed by atoms with van der Waals surface area (Å²) in [5.74, 6) is -6.82. The largest absolute Gasteiger partial charge is 0.478 e. The molecule has 9 nitrogen and oxygen atoms in total. The molecule has 4 N–H and O–H groups in total. The maximum absolute atomic E-state index is 14.3. The molecule has 0 bridgehead atoms. The van der Waals surface area contributed by atoms with Gasteiger partial charge >= 0.3 is 5.97 Å². The lowest BCUT2D eigenvalue weighted by Gasteiger charge is -2.29. The second-order valence-corrected chi connectivity index (χ2v) is 11.3. The number of carboxylic acids is 1. The van der Waals surface area contributed by atoms with Crippen LogP contribution < -0.4 is 10.6 Å². The molecule has 2 aromatic rings. The van der Waals surface area contributed by atoms with Gasteiger partial charge in [0.25, 0.3) is 5.91 Å². The van der Waals surface area contributed by atoms with Gasteiger partial charge in [0.2, 0.25) is 18.2 Å². The van der Waals surface area contributed by atoms with E-state index in [-0.39, 0.29) is 24.8 Å². The normalized spacial score (nSPS) is 20.0. The number of alkyl halides is 2. The quantitative estimate of drug-likeness (QED) is 0.269. The van der Waals surface area contributed by atoms with Gasteiger partial charge in [-0.25, -0.2) is 22.4 Å². The number of hydrogen-bond donors (Lipinski definition) is 4. The maximum Gasteiger partial charge on any atom is 0.335 e. The number of rotatable bonds is 12. The van der Waals surface area contributed by atoms with E-state index in [0.29, 0.717) is 25.0 Å². The van der Waals surface area contributed by atoms with E-state index in [4.69, 9.17) is 5.11 Å². The third-order valence-corrected chi connectivity index (χ3v) is 8.37. The summed E-state index contributed by atoms with van der Waals surface area (Å²) in [7, 11) is 0. The van der Waals surface area contributed by atoms with Gasteiger partial charge < -0.3 is 25.7 Å². The van der Waals surface area contributed by atoms with Crippen LogP contribution in [0.2, 0.25) is 0 Å². The van der Waals surface area contributed by atoms with Crippen molar-refractivity contribution in [2.24, 2.45) is 5.92 Å². The molecule has 2 fully saturated rings. The topological polar surface area (TPSA) is 136 Å². The number of likely N-dealkylation sites (tertiary alicyclic amines) is 1. The Morgan fingerprint density at radius 2 is 1.64 bits per heavy atom. The minimum Gasteiger partial charge on any atom is -0.478 e. The van der Waals surface area contributed by atoms with Gasteiger partial charge in [-0.1, -0.05) is 43.2 Å². The van der Waals surface area contributed by atoms with Crippen molar-refractivity contribution in [3.05, 3.63) is 70.8 Å². The Balaban J connectivity index is 1.46. The summed E-state index contributed by atoms with van der Waals surface area (Å²) in [5, 5.41) is 24.4. The summed E-state index contributed by atoms with van der Waals surface area (Å²) >= 11 is 0. The zero-order chi connectivity index (χ0) is 32.0. The Morgan fingerprint density at radius 1 is 1.00 bits per heavy atom. The van der Waals surface area contributed by atoms with Gasteiger partial charge in [-0.05, 0) is 49.3 Å². The van der Waals surface area contributed by atoms with Crippen molar-refractivity contribution < 1.29 is 47.0 Å². The maximum atomic E-state index is 14.3. The SMILES string of the molecule is O=C(O)c1cc(F)c(CCNC(=O)[C@H](CC(F)F)NC(=O)C2C[C@@H](c3ccccc3)CN2C(=O)[C@H](O)C2CCCC2)c(F)c1. The van der Waals surface area contributed by atoms with E-state index in [2.05, 4.69) is 10.6 Å². The van der Waals surface area contributed by atoms with E-state index < -0.39 is 90.5 Å². The number of carbonyl (C=O) groups is 4. The van der Waals surface area contributed by atoms with E-state index in [0.717, 1.165) is 18.4 Å². The van der Waals surface area contributed by atoms with Crippen molar-refractivity contribution in [2.45, 2.75) is 75.5 Å². The van der Waals surface area contributed by atoms with Gasteiger partial charge in [0, 0.05) is 31.0 Å². The molecule has 0 spiro atoms. The van der Waals surface area contributed by atoms with Gasteiger partial charge in [0.05, 0.1) is 5.56 Å². The first-order chi connectivity index (χ1) is 21.0. The lowest BCUT2D eigenvalue weighted by Crippen LogP contribution is -2.55. The molecule has 1 aliphatic heterocycles. The van der Waals surface area contributed by atoms with Crippen molar-refractivity contribution in [2.75, 3.05) is 13.1 Å². The van der Waals surface area contributed by atoms with Gasteiger partial charge in [-0.3, -0.25) is 14.4 Å². The lowest BCUT2D eigenvalue weighted by molar-refractivity contribution is -0.148. The third kappa shape index (κ3) is 7.93. The molecule has 13 heteroatoms. The van der Waals surface area contributed by atoms with Crippen LogP contribution in [0.3, 0.4) is 0 Å². The third-order valence-electron chi connectivity index (χ3n) is 8.37. The highest BCUT2D eigenvalue weighted by molar-refractivity contribution is 5.93. The predicted molar refractivity (Wildman–Crippen MR) is 150 cm³/mol. The van der Waals surface area contributed by atoms with E-state index in [1.807, 2.05) is 30.3 Å². The molecule has 1 unspecified atom stereocenters. The van der Waals surface area contributed by atoms with Crippen LogP contribution in [0.5, 0.6) is 0 Å². The first-order valence-electron chi connectivity index (χ1n) is 14.6. The van der Waals surface area contributed by atoms with Crippen molar-refractivity contribution in [1.29, 1.82) is 0 Å². The highest BCUT2D eigenvalue weighted by atomic mass is 19.3. The number of carboxylic acid groups (broad SMARTS) is 1. The zero-order valence-corrected chi connectivity index (χ0v) is 23.9. The Labute approximate surface area is 251 Å². The average molecular weight is 622 g/mol. The molecule has 44 heavy (non-hydrogen) atoms. The van der Waals surface area contributed by atoms with Crippen molar-refractivity contribution in [3.8, 4) is 0 Å². The molecule has 1 heterocycles. The number of halogens is 4. The van der Waals surface area contributed by atoms with Gasteiger partial charge in [-0.15, -0.1) is 0 Å². The van der Waals surface area contributed by atoms with Crippen LogP contribution >= 0.6 is 0 Å². The Morgan fingerprint density at radius 3 is 2.23 bits per heavy atom. The molecule has 3 amide bonds. The monoisotopic (exact) mass is 621 g/mol. The van der Waals surface area contributed by atoms with Crippen LogP contribution in [-0.2, 0) is 20.8 Å². The number of nitrogens with one attached hydrogen (secondary N) is 2. The highest BCUT2D eigenvalue weighted by Gasteiger charge is 2.44. The van der Waals surface area contributed by atoms with E-state index >= 15 is 0 Å². The van der Waals surface area contributed by atoms with E-state index in [9.17, 15) is 41.8 Å². The Hall–Kier alpha value is -4.00. The number of aromatic carboxylic acids is 1. The molecule has 4 rings (SSSR count). The smallest absolute Gasteiger partial charge is 0.335 e. The molecule has 2 aliphatic rings. The molecule has 0 aromatic heterocycles. The second kappa shape index (κ2) is 14.7. The fraction of sp³-hybridized carbons (Fsp3) is 0.484. The number of amides is 3.